The maximum atomic E-state index is 4.57. The van der Waals surface area contributed by atoms with Crippen LogP contribution in [0.5, 0.6) is 0 Å². The van der Waals surface area contributed by atoms with Crippen LogP contribution < -0.4 is 5.32 Å². The van der Waals surface area contributed by atoms with Crippen molar-refractivity contribution in [1.82, 2.24) is 5.32 Å². The molecular weight excluding hydrogens is 154 g/mol. The van der Waals surface area contributed by atoms with Gasteiger partial charge in [-0.2, -0.15) is 12.6 Å². The molecule has 1 rings (SSSR count). The Morgan fingerprint density at radius 1 is 1.18 bits per heavy atom. The molecule has 11 heavy (non-hydrogen) atoms. The zero-order valence-corrected chi connectivity index (χ0v) is 8.57. The molecule has 1 fully saturated rings. The van der Waals surface area contributed by atoms with E-state index in [-0.39, 0.29) is 0 Å². The fourth-order valence-corrected chi connectivity index (χ4v) is 2.38. The van der Waals surface area contributed by atoms with Crippen LogP contribution in [-0.2, 0) is 0 Å². The molecule has 1 saturated carbocycles. The van der Waals surface area contributed by atoms with Gasteiger partial charge in [-0.25, -0.2) is 0 Å². The van der Waals surface area contributed by atoms with Crippen LogP contribution >= 0.6 is 12.6 Å². The highest BCUT2D eigenvalue weighted by molar-refractivity contribution is 7.81. The lowest BCUT2D eigenvalue weighted by Crippen LogP contribution is -2.41. The van der Waals surface area contributed by atoms with Crippen LogP contribution in [-0.4, -0.2) is 18.3 Å². The van der Waals surface area contributed by atoms with E-state index in [4.69, 9.17) is 0 Å². The Bertz CT molecular complexity index is 127. The van der Waals surface area contributed by atoms with Crippen LogP contribution in [0, 0.1) is 11.8 Å². The molecule has 0 aromatic heterocycles. The Kier molecular flexibility index (Phi) is 3.26. The molecule has 66 valence electrons. The number of rotatable bonds is 1. The van der Waals surface area contributed by atoms with Crippen molar-refractivity contribution in [3.8, 4) is 0 Å². The van der Waals surface area contributed by atoms with E-state index in [1.165, 1.54) is 12.8 Å². The molecule has 1 nitrogen and oxygen atoms in total. The van der Waals surface area contributed by atoms with Gasteiger partial charge in [-0.1, -0.05) is 13.8 Å². The van der Waals surface area contributed by atoms with Crippen molar-refractivity contribution in [3.05, 3.63) is 0 Å². The molecule has 1 aliphatic rings. The van der Waals surface area contributed by atoms with Crippen molar-refractivity contribution < 1.29 is 0 Å². The van der Waals surface area contributed by atoms with Crippen molar-refractivity contribution >= 4 is 12.6 Å². The lowest BCUT2D eigenvalue weighted by molar-refractivity contribution is 0.246. The predicted molar refractivity (Wildman–Crippen MR) is 53.2 cm³/mol. The van der Waals surface area contributed by atoms with E-state index >= 15 is 0 Å². The third-order valence-electron chi connectivity index (χ3n) is 2.95. The molecule has 0 amide bonds. The topological polar surface area (TPSA) is 12.0 Å². The van der Waals surface area contributed by atoms with E-state index in [2.05, 4.69) is 38.8 Å². The van der Waals surface area contributed by atoms with Crippen LogP contribution in [0.3, 0.4) is 0 Å². The molecule has 4 atom stereocenters. The number of hydrogen-bond acceptors (Lipinski definition) is 2. The maximum Gasteiger partial charge on any atom is 0.0100 e. The molecule has 1 N–H and O–H groups in total. The van der Waals surface area contributed by atoms with Gasteiger partial charge in [0.15, 0.2) is 0 Å². The summed E-state index contributed by atoms with van der Waals surface area (Å²) in [5.74, 6) is 1.61. The van der Waals surface area contributed by atoms with Gasteiger partial charge in [0.1, 0.15) is 0 Å². The highest BCUT2D eigenvalue weighted by atomic mass is 32.1. The van der Waals surface area contributed by atoms with E-state index in [1.54, 1.807) is 0 Å². The van der Waals surface area contributed by atoms with Crippen molar-refractivity contribution in [2.24, 2.45) is 11.8 Å². The molecule has 0 aromatic carbocycles. The van der Waals surface area contributed by atoms with E-state index in [1.807, 2.05) is 0 Å². The van der Waals surface area contributed by atoms with Gasteiger partial charge in [0.25, 0.3) is 0 Å². The van der Waals surface area contributed by atoms with Crippen molar-refractivity contribution in [1.29, 1.82) is 0 Å². The molecule has 4 unspecified atom stereocenters. The summed E-state index contributed by atoms with van der Waals surface area (Å²) in [6.45, 7) is 4.64. The van der Waals surface area contributed by atoms with E-state index in [9.17, 15) is 0 Å². The Morgan fingerprint density at radius 3 is 2.36 bits per heavy atom. The van der Waals surface area contributed by atoms with Crippen LogP contribution in [0.1, 0.15) is 26.7 Å². The molecule has 0 saturated heterocycles. The molecule has 0 radical (unpaired) electrons. The molecule has 1 aliphatic carbocycles. The van der Waals surface area contributed by atoms with Crippen molar-refractivity contribution in [2.75, 3.05) is 7.05 Å². The van der Waals surface area contributed by atoms with E-state index < -0.39 is 0 Å². The zero-order valence-electron chi connectivity index (χ0n) is 7.67. The molecule has 0 heterocycles. The SMILES string of the molecule is CNC1CC(S)C(C)CC1C. The van der Waals surface area contributed by atoms with Crippen LogP contribution in [0.15, 0.2) is 0 Å². The molecule has 0 spiro atoms. The minimum atomic E-state index is 0.601. The van der Waals surface area contributed by atoms with Crippen LogP contribution in [0.2, 0.25) is 0 Å². The summed E-state index contributed by atoms with van der Waals surface area (Å²) < 4.78 is 0. The average molecular weight is 173 g/mol. The van der Waals surface area contributed by atoms with Crippen LogP contribution in [0.4, 0.5) is 0 Å². The lowest BCUT2D eigenvalue weighted by Gasteiger charge is -2.36. The Hall–Kier alpha value is 0.310. The lowest BCUT2D eigenvalue weighted by atomic mass is 9.79. The first-order chi connectivity index (χ1) is 5.15. The molecule has 0 bridgehead atoms. The second kappa shape index (κ2) is 3.81. The number of thiol groups is 1. The second-order valence-corrected chi connectivity index (χ2v) is 4.55. The second-order valence-electron chi connectivity index (χ2n) is 3.89. The fourth-order valence-electron chi connectivity index (χ4n) is 2.03. The van der Waals surface area contributed by atoms with Gasteiger partial charge >= 0.3 is 0 Å². The van der Waals surface area contributed by atoms with Gasteiger partial charge in [-0.05, 0) is 31.7 Å². The Morgan fingerprint density at radius 2 is 1.82 bits per heavy atom. The smallest absolute Gasteiger partial charge is 0.0100 e. The quantitative estimate of drug-likeness (QED) is 0.578. The minimum Gasteiger partial charge on any atom is -0.317 e. The summed E-state index contributed by atoms with van der Waals surface area (Å²) in [5, 5.41) is 3.96. The maximum absolute atomic E-state index is 4.57. The molecule has 0 aliphatic heterocycles. The number of nitrogens with one attached hydrogen (secondary N) is 1. The summed E-state index contributed by atoms with van der Waals surface area (Å²) in [6.07, 6.45) is 2.54. The largest absolute Gasteiger partial charge is 0.317 e. The van der Waals surface area contributed by atoms with Crippen molar-refractivity contribution in [3.63, 3.8) is 0 Å². The van der Waals surface area contributed by atoms with Gasteiger partial charge in [0.2, 0.25) is 0 Å². The monoisotopic (exact) mass is 173 g/mol. The van der Waals surface area contributed by atoms with Gasteiger partial charge in [-0.15, -0.1) is 0 Å². The molecular formula is C9H19NS. The minimum absolute atomic E-state index is 0.601. The third kappa shape index (κ3) is 2.12. The first-order valence-electron chi connectivity index (χ1n) is 4.50. The van der Waals surface area contributed by atoms with Gasteiger partial charge in [-0.3, -0.25) is 0 Å². The van der Waals surface area contributed by atoms with Crippen LogP contribution in [0.25, 0.3) is 0 Å². The summed E-state index contributed by atoms with van der Waals surface area (Å²) in [7, 11) is 2.05. The van der Waals surface area contributed by atoms with Crippen molar-refractivity contribution in [2.45, 2.75) is 38.0 Å². The Balaban J connectivity index is 2.48. The third-order valence-corrected chi connectivity index (χ3v) is 3.67. The highest BCUT2D eigenvalue weighted by Gasteiger charge is 2.29. The van der Waals surface area contributed by atoms with E-state index in [0.29, 0.717) is 11.3 Å². The predicted octanol–water partition coefficient (Wildman–Crippen LogP) is 1.94. The molecule has 2 heteroatoms. The Labute approximate surface area is 75.4 Å². The standard InChI is InChI=1S/C9H19NS/c1-6-4-7(2)9(11)5-8(6)10-3/h6-11H,4-5H2,1-3H3. The first kappa shape index (κ1) is 9.40. The van der Waals surface area contributed by atoms with Gasteiger partial charge < -0.3 is 5.32 Å². The summed E-state index contributed by atoms with van der Waals surface area (Å²) in [6, 6.07) is 0.689. The highest BCUT2D eigenvalue weighted by Crippen LogP contribution is 2.31. The fraction of sp³-hybridized carbons (Fsp3) is 1.00. The average Bonchev–Trinajstić information content (AvgIpc) is 1.97. The molecule has 0 aromatic rings. The first-order valence-corrected chi connectivity index (χ1v) is 5.02. The summed E-state index contributed by atoms with van der Waals surface area (Å²) in [4.78, 5) is 0. The normalized spacial score (nSPS) is 45.8. The number of hydrogen-bond donors (Lipinski definition) is 2. The summed E-state index contributed by atoms with van der Waals surface area (Å²) in [5.41, 5.74) is 0. The van der Waals surface area contributed by atoms with E-state index in [0.717, 1.165) is 11.8 Å². The summed E-state index contributed by atoms with van der Waals surface area (Å²) >= 11 is 4.57. The zero-order chi connectivity index (χ0) is 8.43. The van der Waals surface area contributed by atoms with Gasteiger partial charge in [0.05, 0.1) is 0 Å². The van der Waals surface area contributed by atoms with Gasteiger partial charge in [0, 0.05) is 11.3 Å².